The maximum absolute atomic E-state index is 12.1. The van der Waals surface area contributed by atoms with E-state index in [0.29, 0.717) is 17.9 Å². The number of hydrogen-bond acceptors (Lipinski definition) is 5. The first-order valence-corrected chi connectivity index (χ1v) is 9.58. The van der Waals surface area contributed by atoms with Crippen molar-refractivity contribution < 1.29 is 4.79 Å². The molecule has 1 aliphatic carbocycles. The Hall–Kier alpha value is -2.94. The van der Waals surface area contributed by atoms with E-state index in [1.165, 1.54) is 0 Å². The van der Waals surface area contributed by atoms with Gasteiger partial charge in [0, 0.05) is 18.2 Å². The monoisotopic (exact) mass is 363 g/mol. The largest absolute Gasteiger partial charge is 0.363 e. The molecular formula is C21H25N5O. The summed E-state index contributed by atoms with van der Waals surface area (Å²) in [6.45, 7) is 4.54. The molecule has 1 aromatic carbocycles. The summed E-state index contributed by atoms with van der Waals surface area (Å²) >= 11 is 0. The molecule has 1 amide bonds. The maximum Gasteiger partial charge on any atom is 0.227 e. The van der Waals surface area contributed by atoms with E-state index in [4.69, 9.17) is 0 Å². The molecule has 3 rings (SSSR count). The van der Waals surface area contributed by atoms with Crippen LogP contribution in [0.2, 0.25) is 0 Å². The zero-order chi connectivity index (χ0) is 19.2. The number of aryl methyl sites for hydroxylation is 1. The van der Waals surface area contributed by atoms with Crippen molar-refractivity contribution in [3.63, 3.8) is 0 Å². The molecule has 27 heavy (non-hydrogen) atoms. The van der Waals surface area contributed by atoms with Crippen LogP contribution in [0.25, 0.3) is 0 Å². The fourth-order valence-electron chi connectivity index (χ4n) is 3.28. The van der Waals surface area contributed by atoms with Crippen LogP contribution in [-0.4, -0.2) is 16.1 Å². The van der Waals surface area contributed by atoms with Crippen LogP contribution in [0.5, 0.6) is 0 Å². The summed E-state index contributed by atoms with van der Waals surface area (Å²) in [7, 11) is 0. The van der Waals surface area contributed by atoms with Gasteiger partial charge in [0.2, 0.25) is 5.91 Å². The molecule has 6 nitrogen and oxygen atoms in total. The van der Waals surface area contributed by atoms with E-state index in [0.717, 1.165) is 54.6 Å². The Kier molecular flexibility index (Phi) is 6.02. The van der Waals surface area contributed by atoms with Gasteiger partial charge in [-0.25, -0.2) is 0 Å². The summed E-state index contributed by atoms with van der Waals surface area (Å²) in [5.41, 5.74) is 4.20. The second kappa shape index (κ2) is 8.63. The molecule has 2 aromatic rings. The predicted octanol–water partition coefficient (Wildman–Crippen LogP) is 3.82. The number of aromatic nitrogens is 2. The molecule has 0 aliphatic heterocycles. The van der Waals surface area contributed by atoms with E-state index in [1.54, 1.807) is 0 Å². The van der Waals surface area contributed by atoms with Crippen LogP contribution >= 0.6 is 0 Å². The molecule has 1 aromatic heterocycles. The van der Waals surface area contributed by atoms with Gasteiger partial charge in [-0.1, -0.05) is 32.4 Å². The van der Waals surface area contributed by atoms with Crippen molar-refractivity contribution in [3.8, 4) is 6.07 Å². The summed E-state index contributed by atoms with van der Waals surface area (Å²) in [4.78, 5) is 12.1. The van der Waals surface area contributed by atoms with Crippen molar-refractivity contribution in [1.29, 1.82) is 5.26 Å². The van der Waals surface area contributed by atoms with Gasteiger partial charge in [-0.3, -0.25) is 4.79 Å². The van der Waals surface area contributed by atoms with Crippen LogP contribution in [0.15, 0.2) is 24.3 Å². The quantitative estimate of drug-likeness (QED) is 0.780. The second-order valence-electron chi connectivity index (χ2n) is 6.84. The van der Waals surface area contributed by atoms with Crippen LogP contribution < -0.4 is 10.6 Å². The molecular weight excluding hydrogens is 338 g/mol. The first-order valence-electron chi connectivity index (χ1n) is 9.58. The highest BCUT2D eigenvalue weighted by Crippen LogP contribution is 2.28. The minimum absolute atomic E-state index is 0.103. The van der Waals surface area contributed by atoms with Gasteiger partial charge >= 0.3 is 0 Å². The van der Waals surface area contributed by atoms with Crippen LogP contribution in [0.3, 0.4) is 0 Å². The molecule has 0 unspecified atom stereocenters. The topological polar surface area (TPSA) is 90.7 Å². The Balaban J connectivity index is 1.71. The molecule has 0 bridgehead atoms. The molecule has 1 fully saturated rings. The number of nitriles is 1. The summed E-state index contributed by atoms with van der Waals surface area (Å²) in [5, 5.41) is 24.2. The smallest absolute Gasteiger partial charge is 0.227 e. The van der Waals surface area contributed by atoms with Crippen molar-refractivity contribution in [1.82, 2.24) is 10.2 Å². The third-order valence-electron chi connectivity index (χ3n) is 5.09. The minimum atomic E-state index is 0.103. The van der Waals surface area contributed by atoms with E-state index in [9.17, 15) is 10.1 Å². The third-order valence-corrected chi connectivity index (χ3v) is 5.09. The minimum Gasteiger partial charge on any atom is -0.363 e. The van der Waals surface area contributed by atoms with Gasteiger partial charge in [0.1, 0.15) is 11.6 Å². The molecule has 2 N–H and O–H groups in total. The molecule has 1 heterocycles. The summed E-state index contributed by atoms with van der Waals surface area (Å²) in [6.07, 6.45) is 4.61. The summed E-state index contributed by atoms with van der Waals surface area (Å²) in [6, 6.07) is 10.0. The number of rotatable bonds is 7. The average molecular weight is 363 g/mol. The molecule has 0 saturated heterocycles. The number of anilines is 2. The first kappa shape index (κ1) is 18.8. The Labute approximate surface area is 160 Å². The molecule has 140 valence electrons. The normalized spacial score (nSPS) is 13.5. The molecule has 0 radical (unpaired) electrons. The van der Waals surface area contributed by atoms with E-state index in [2.05, 4.69) is 26.9 Å². The fraction of sp³-hybridized carbons (Fsp3) is 0.429. The zero-order valence-electron chi connectivity index (χ0n) is 15.9. The van der Waals surface area contributed by atoms with Crippen LogP contribution in [0.1, 0.15) is 55.5 Å². The number of nitrogens with zero attached hydrogens (tertiary/aromatic N) is 3. The van der Waals surface area contributed by atoms with Gasteiger partial charge in [-0.15, -0.1) is 5.10 Å². The van der Waals surface area contributed by atoms with Crippen molar-refractivity contribution in [2.45, 2.75) is 52.5 Å². The number of nitrogens with one attached hydrogen (secondary N) is 2. The predicted molar refractivity (Wildman–Crippen MR) is 105 cm³/mol. The van der Waals surface area contributed by atoms with E-state index >= 15 is 0 Å². The van der Waals surface area contributed by atoms with Gasteiger partial charge in [0.15, 0.2) is 5.82 Å². The van der Waals surface area contributed by atoms with Gasteiger partial charge in [0.25, 0.3) is 0 Å². The highest BCUT2D eigenvalue weighted by molar-refractivity contribution is 5.93. The Bertz CT molecular complexity index is 867. The summed E-state index contributed by atoms with van der Waals surface area (Å²) < 4.78 is 0. The maximum atomic E-state index is 12.1. The van der Waals surface area contributed by atoms with Crippen LogP contribution in [-0.2, 0) is 24.2 Å². The molecule has 1 aliphatic rings. The van der Waals surface area contributed by atoms with Gasteiger partial charge in [-0.2, -0.15) is 10.4 Å². The van der Waals surface area contributed by atoms with Crippen LogP contribution in [0.4, 0.5) is 11.5 Å². The first-order chi connectivity index (χ1) is 13.2. The zero-order valence-corrected chi connectivity index (χ0v) is 15.9. The molecule has 0 spiro atoms. The highest BCUT2D eigenvalue weighted by atomic mass is 16.1. The van der Waals surface area contributed by atoms with Crippen molar-refractivity contribution in [2.75, 3.05) is 10.6 Å². The number of carbonyl (C=O) groups is 1. The average Bonchev–Trinajstić information content (AvgIpc) is 2.64. The number of carbonyl (C=O) groups excluding carboxylic acids is 1. The number of benzene rings is 1. The van der Waals surface area contributed by atoms with Gasteiger partial charge in [0.05, 0.1) is 5.69 Å². The van der Waals surface area contributed by atoms with Crippen molar-refractivity contribution >= 4 is 17.4 Å². The number of amides is 1. The van der Waals surface area contributed by atoms with Gasteiger partial charge < -0.3 is 10.6 Å². The number of hydrogen-bond donors (Lipinski definition) is 2. The second-order valence-corrected chi connectivity index (χ2v) is 6.84. The SMILES string of the molecule is CCc1nnc(NCc2cccc(NC(=O)C3CCC3)c2)c(C#N)c1CC. The van der Waals surface area contributed by atoms with E-state index in [-0.39, 0.29) is 11.8 Å². The summed E-state index contributed by atoms with van der Waals surface area (Å²) in [5.74, 6) is 0.770. The lowest BCUT2D eigenvalue weighted by Gasteiger charge is -2.24. The lowest BCUT2D eigenvalue weighted by atomic mass is 9.85. The fourth-order valence-corrected chi connectivity index (χ4v) is 3.28. The van der Waals surface area contributed by atoms with Crippen LogP contribution in [0, 0.1) is 17.2 Å². The lowest BCUT2D eigenvalue weighted by Crippen LogP contribution is -2.28. The van der Waals surface area contributed by atoms with Crippen molar-refractivity contribution in [2.24, 2.45) is 5.92 Å². The Morgan fingerprint density at radius 2 is 2.07 bits per heavy atom. The van der Waals surface area contributed by atoms with E-state index in [1.807, 2.05) is 38.1 Å². The Morgan fingerprint density at radius 1 is 1.26 bits per heavy atom. The molecule has 0 atom stereocenters. The molecule has 6 heteroatoms. The van der Waals surface area contributed by atoms with Crippen molar-refractivity contribution in [3.05, 3.63) is 46.6 Å². The third kappa shape index (κ3) is 4.25. The van der Waals surface area contributed by atoms with E-state index < -0.39 is 0 Å². The lowest BCUT2D eigenvalue weighted by molar-refractivity contribution is -0.122. The van der Waals surface area contributed by atoms with Gasteiger partial charge in [-0.05, 0) is 48.9 Å². The standard InChI is InChI=1S/C21H25N5O/c1-3-17-18(12-22)20(26-25-19(17)4-2)23-13-14-7-5-10-16(11-14)24-21(27)15-8-6-9-15/h5,7,10-11,15H,3-4,6,8-9,13H2,1-2H3,(H,23,26)(H,24,27). The molecule has 1 saturated carbocycles. The highest BCUT2D eigenvalue weighted by Gasteiger charge is 2.25. The Morgan fingerprint density at radius 3 is 2.70 bits per heavy atom.